The zero-order valence-corrected chi connectivity index (χ0v) is 18.2. The summed E-state index contributed by atoms with van der Waals surface area (Å²) in [5, 5.41) is 10.3. The predicted molar refractivity (Wildman–Crippen MR) is 123 cm³/mol. The summed E-state index contributed by atoms with van der Waals surface area (Å²) in [6.07, 6.45) is 2.51. The van der Waals surface area contributed by atoms with Gasteiger partial charge in [-0.15, -0.1) is 0 Å². The lowest BCUT2D eigenvalue weighted by Gasteiger charge is -2.18. The highest BCUT2D eigenvalue weighted by Gasteiger charge is 2.22. The van der Waals surface area contributed by atoms with Crippen LogP contribution in [0.15, 0.2) is 60.7 Å². The first-order chi connectivity index (χ1) is 14.5. The first-order valence-corrected chi connectivity index (χ1v) is 11.1. The Hall–Kier alpha value is -3.06. The average Bonchev–Trinajstić information content (AvgIpc) is 3.11. The molecule has 30 heavy (non-hydrogen) atoms. The van der Waals surface area contributed by atoms with Crippen molar-refractivity contribution in [3.63, 3.8) is 0 Å². The molecule has 1 heterocycles. The number of aryl methyl sites for hydroxylation is 2. The molecule has 2 amide bonds. The normalized spacial score (nSPS) is 11.7. The van der Waals surface area contributed by atoms with E-state index in [1.165, 1.54) is 0 Å². The topological polar surface area (TPSA) is 76.0 Å². The quantitative estimate of drug-likeness (QED) is 0.578. The van der Waals surface area contributed by atoms with Crippen molar-refractivity contribution in [3.8, 4) is 11.3 Å². The van der Waals surface area contributed by atoms with E-state index >= 15 is 0 Å². The number of thioether (sulfide) groups is 1. The van der Waals surface area contributed by atoms with Gasteiger partial charge in [0.15, 0.2) is 0 Å². The lowest BCUT2D eigenvalue weighted by atomic mass is 10.1. The fourth-order valence-electron chi connectivity index (χ4n) is 3.13. The third kappa shape index (κ3) is 5.30. The van der Waals surface area contributed by atoms with E-state index in [2.05, 4.69) is 15.7 Å². The number of nitrogens with one attached hydrogen (secondary N) is 2. The zero-order valence-electron chi connectivity index (χ0n) is 17.4. The van der Waals surface area contributed by atoms with Gasteiger partial charge in [-0.05, 0) is 43.0 Å². The van der Waals surface area contributed by atoms with Gasteiger partial charge in [-0.25, -0.2) is 0 Å². The molecule has 0 saturated heterocycles. The van der Waals surface area contributed by atoms with E-state index in [0.717, 1.165) is 22.6 Å². The minimum absolute atomic E-state index is 0.257. The standard InChI is InChI=1S/C23H26N4O2S/c1-16-9-7-8-12-18(16)20-15-21(27(2)26-20)25-23(29)19(13-14-30-3)24-22(28)17-10-5-4-6-11-17/h4-12,15,19H,13-14H2,1-3H3,(H,24,28)(H,25,29). The number of anilines is 1. The van der Waals surface area contributed by atoms with Gasteiger partial charge in [0.1, 0.15) is 11.9 Å². The molecule has 0 aliphatic rings. The summed E-state index contributed by atoms with van der Waals surface area (Å²) in [6.45, 7) is 2.03. The molecule has 0 bridgehead atoms. The highest BCUT2D eigenvalue weighted by atomic mass is 32.2. The van der Waals surface area contributed by atoms with Crippen molar-refractivity contribution in [3.05, 3.63) is 71.8 Å². The van der Waals surface area contributed by atoms with Crippen LogP contribution in [0.5, 0.6) is 0 Å². The third-order valence-corrected chi connectivity index (χ3v) is 5.46. The van der Waals surface area contributed by atoms with Crippen molar-refractivity contribution < 1.29 is 9.59 Å². The Labute approximate surface area is 181 Å². The number of nitrogens with zero attached hydrogens (tertiary/aromatic N) is 2. The summed E-state index contributed by atoms with van der Waals surface area (Å²) in [7, 11) is 1.79. The third-order valence-electron chi connectivity index (χ3n) is 4.82. The SMILES string of the molecule is CSCCC(NC(=O)c1ccccc1)C(=O)Nc1cc(-c2ccccc2C)nn1C. The predicted octanol–water partition coefficient (Wildman–Crippen LogP) is 3.89. The van der Waals surface area contributed by atoms with Crippen molar-refractivity contribution in [2.75, 3.05) is 17.3 Å². The molecule has 7 heteroatoms. The fraction of sp³-hybridized carbons (Fsp3) is 0.261. The van der Waals surface area contributed by atoms with E-state index in [1.54, 1.807) is 47.8 Å². The van der Waals surface area contributed by atoms with Crippen LogP contribution in [-0.4, -0.2) is 39.6 Å². The second-order valence-electron chi connectivity index (χ2n) is 7.02. The Balaban J connectivity index is 1.75. The van der Waals surface area contributed by atoms with Crippen LogP contribution in [-0.2, 0) is 11.8 Å². The highest BCUT2D eigenvalue weighted by molar-refractivity contribution is 7.98. The van der Waals surface area contributed by atoms with Crippen molar-refractivity contribution in [1.29, 1.82) is 0 Å². The van der Waals surface area contributed by atoms with Crippen molar-refractivity contribution in [1.82, 2.24) is 15.1 Å². The molecule has 3 rings (SSSR count). The Bertz CT molecular complexity index is 1020. The van der Waals surface area contributed by atoms with E-state index in [1.807, 2.05) is 49.6 Å². The Kier molecular flexibility index (Phi) is 7.30. The molecule has 156 valence electrons. The Morgan fingerprint density at radius 2 is 1.80 bits per heavy atom. The number of amides is 2. The Morgan fingerprint density at radius 3 is 2.50 bits per heavy atom. The fourth-order valence-corrected chi connectivity index (χ4v) is 3.60. The number of hydrogen-bond donors (Lipinski definition) is 2. The number of aromatic nitrogens is 2. The van der Waals surface area contributed by atoms with Gasteiger partial charge in [0.25, 0.3) is 5.91 Å². The summed E-state index contributed by atoms with van der Waals surface area (Å²) >= 11 is 1.63. The van der Waals surface area contributed by atoms with Gasteiger partial charge in [-0.2, -0.15) is 16.9 Å². The molecule has 2 aromatic carbocycles. The monoisotopic (exact) mass is 422 g/mol. The molecular weight excluding hydrogens is 396 g/mol. The van der Waals surface area contributed by atoms with Crippen molar-refractivity contribution in [2.45, 2.75) is 19.4 Å². The first kappa shape index (κ1) is 21.6. The number of hydrogen-bond acceptors (Lipinski definition) is 4. The van der Waals surface area contributed by atoms with Gasteiger partial charge in [-0.3, -0.25) is 14.3 Å². The molecular formula is C23H26N4O2S. The molecule has 0 radical (unpaired) electrons. The van der Waals surface area contributed by atoms with Crippen LogP contribution in [0.4, 0.5) is 5.82 Å². The van der Waals surface area contributed by atoms with Crippen LogP contribution < -0.4 is 10.6 Å². The molecule has 3 aromatic rings. The summed E-state index contributed by atoms with van der Waals surface area (Å²) in [5.74, 6) is 0.823. The van der Waals surface area contributed by atoms with Gasteiger partial charge >= 0.3 is 0 Å². The van der Waals surface area contributed by atoms with E-state index in [9.17, 15) is 9.59 Å². The molecule has 2 N–H and O–H groups in total. The summed E-state index contributed by atoms with van der Waals surface area (Å²) in [5.41, 5.74) is 3.45. The number of rotatable bonds is 8. The highest BCUT2D eigenvalue weighted by Crippen LogP contribution is 2.24. The minimum atomic E-state index is -0.637. The van der Waals surface area contributed by atoms with Gasteiger partial charge in [-0.1, -0.05) is 42.5 Å². The van der Waals surface area contributed by atoms with Gasteiger partial charge in [0.2, 0.25) is 5.91 Å². The molecule has 1 atom stereocenters. The summed E-state index contributed by atoms with van der Waals surface area (Å²) < 4.78 is 1.64. The minimum Gasteiger partial charge on any atom is -0.340 e. The first-order valence-electron chi connectivity index (χ1n) is 9.75. The van der Waals surface area contributed by atoms with E-state index in [-0.39, 0.29) is 11.8 Å². The number of benzene rings is 2. The number of carbonyl (C=O) groups excluding carboxylic acids is 2. The molecule has 0 aliphatic heterocycles. The van der Waals surface area contributed by atoms with E-state index in [0.29, 0.717) is 17.8 Å². The van der Waals surface area contributed by atoms with Gasteiger partial charge in [0.05, 0.1) is 5.69 Å². The van der Waals surface area contributed by atoms with Crippen LogP contribution in [0.1, 0.15) is 22.3 Å². The lowest BCUT2D eigenvalue weighted by Crippen LogP contribution is -2.44. The maximum absolute atomic E-state index is 13.0. The molecule has 0 saturated carbocycles. The maximum atomic E-state index is 13.0. The smallest absolute Gasteiger partial charge is 0.251 e. The lowest BCUT2D eigenvalue weighted by molar-refractivity contribution is -0.118. The van der Waals surface area contributed by atoms with Crippen LogP contribution in [0.2, 0.25) is 0 Å². The van der Waals surface area contributed by atoms with Crippen LogP contribution in [0, 0.1) is 6.92 Å². The number of carbonyl (C=O) groups is 2. The average molecular weight is 423 g/mol. The van der Waals surface area contributed by atoms with Crippen molar-refractivity contribution >= 4 is 29.4 Å². The molecule has 6 nitrogen and oxygen atoms in total. The van der Waals surface area contributed by atoms with Gasteiger partial charge in [0, 0.05) is 24.2 Å². The van der Waals surface area contributed by atoms with Crippen LogP contribution in [0.25, 0.3) is 11.3 Å². The second-order valence-corrected chi connectivity index (χ2v) is 8.00. The molecule has 0 aliphatic carbocycles. The molecule has 0 fully saturated rings. The van der Waals surface area contributed by atoms with E-state index < -0.39 is 6.04 Å². The maximum Gasteiger partial charge on any atom is 0.251 e. The van der Waals surface area contributed by atoms with Crippen LogP contribution in [0.3, 0.4) is 0 Å². The Morgan fingerprint density at radius 1 is 1.10 bits per heavy atom. The molecule has 1 aromatic heterocycles. The molecule has 0 spiro atoms. The van der Waals surface area contributed by atoms with Crippen LogP contribution >= 0.6 is 11.8 Å². The van der Waals surface area contributed by atoms with E-state index in [4.69, 9.17) is 0 Å². The summed E-state index contributed by atoms with van der Waals surface area (Å²) in [4.78, 5) is 25.5. The molecule has 1 unspecified atom stereocenters. The second kappa shape index (κ2) is 10.1. The van der Waals surface area contributed by atoms with Crippen molar-refractivity contribution in [2.24, 2.45) is 7.05 Å². The zero-order chi connectivity index (χ0) is 21.5. The summed E-state index contributed by atoms with van der Waals surface area (Å²) in [6, 6.07) is 18.1. The van der Waals surface area contributed by atoms with Gasteiger partial charge < -0.3 is 10.6 Å². The largest absolute Gasteiger partial charge is 0.340 e.